The van der Waals surface area contributed by atoms with Crippen LogP contribution in [0.15, 0.2) is 35.3 Å². The topological polar surface area (TPSA) is 118 Å². The number of anilines is 1. The summed E-state index contributed by atoms with van der Waals surface area (Å²) in [6.07, 6.45) is 0.924. The van der Waals surface area contributed by atoms with E-state index in [0.717, 1.165) is 22.4 Å². The van der Waals surface area contributed by atoms with Crippen molar-refractivity contribution in [3.63, 3.8) is 0 Å². The van der Waals surface area contributed by atoms with Crippen molar-refractivity contribution in [1.82, 2.24) is 4.57 Å². The fourth-order valence-corrected chi connectivity index (χ4v) is 2.16. The normalized spacial score (nSPS) is 10.0. The number of pyridine rings is 1. The van der Waals surface area contributed by atoms with Crippen molar-refractivity contribution in [3.05, 3.63) is 67.1 Å². The molecule has 1 heterocycles. The predicted molar refractivity (Wildman–Crippen MR) is 86.9 cm³/mol. The SMILES string of the molecule is Cc1ccc(Cl)cc1NC(=O)Cn1cc([N+](=O)[O-])cc(C#N)c1=O. The van der Waals surface area contributed by atoms with Crippen molar-refractivity contribution >= 4 is 28.9 Å². The van der Waals surface area contributed by atoms with Gasteiger partial charge >= 0.3 is 0 Å². The molecule has 122 valence electrons. The standard InChI is InChI=1S/C15H11ClN4O4/c1-9-2-3-11(16)5-13(9)18-14(21)8-19-7-12(20(23)24)4-10(6-17)15(19)22/h2-5,7H,8H2,1H3,(H,18,21). The molecule has 0 aliphatic carbocycles. The Kier molecular flexibility index (Phi) is 4.96. The van der Waals surface area contributed by atoms with Gasteiger partial charge in [-0.15, -0.1) is 0 Å². The van der Waals surface area contributed by atoms with Gasteiger partial charge in [-0.3, -0.25) is 24.3 Å². The van der Waals surface area contributed by atoms with Crippen LogP contribution >= 0.6 is 11.6 Å². The van der Waals surface area contributed by atoms with Crippen LogP contribution in [0, 0.1) is 28.4 Å². The molecule has 0 saturated heterocycles. The molecule has 1 aromatic carbocycles. The third-order valence-corrected chi connectivity index (χ3v) is 3.43. The first kappa shape index (κ1) is 17.2. The molecule has 9 heteroatoms. The Labute approximate surface area is 141 Å². The van der Waals surface area contributed by atoms with Crippen LogP contribution in [-0.2, 0) is 11.3 Å². The second-order valence-electron chi connectivity index (χ2n) is 4.92. The average Bonchev–Trinajstić information content (AvgIpc) is 2.52. The number of aryl methyl sites for hydroxylation is 1. The molecule has 1 N–H and O–H groups in total. The molecule has 2 aromatic rings. The van der Waals surface area contributed by atoms with Crippen LogP contribution in [0.1, 0.15) is 11.1 Å². The van der Waals surface area contributed by atoms with Gasteiger partial charge in [0.05, 0.1) is 11.1 Å². The third kappa shape index (κ3) is 3.77. The van der Waals surface area contributed by atoms with Crippen LogP contribution < -0.4 is 10.9 Å². The lowest BCUT2D eigenvalue weighted by Gasteiger charge is -2.10. The highest BCUT2D eigenvalue weighted by Gasteiger charge is 2.16. The van der Waals surface area contributed by atoms with E-state index in [0.29, 0.717) is 10.7 Å². The van der Waals surface area contributed by atoms with Gasteiger partial charge in [-0.1, -0.05) is 17.7 Å². The summed E-state index contributed by atoms with van der Waals surface area (Å²) in [5, 5.41) is 22.7. The van der Waals surface area contributed by atoms with Crippen molar-refractivity contribution in [2.45, 2.75) is 13.5 Å². The highest BCUT2D eigenvalue weighted by molar-refractivity contribution is 6.31. The molecule has 2 rings (SSSR count). The largest absolute Gasteiger partial charge is 0.324 e. The molecule has 0 bridgehead atoms. The molecule has 0 unspecified atom stereocenters. The first-order chi connectivity index (χ1) is 11.3. The monoisotopic (exact) mass is 346 g/mol. The Morgan fingerprint density at radius 3 is 2.79 bits per heavy atom. The highest BCUT2D eigenvalue weighted by atomic mass is 35.5. The van der Waals surface area contributed by atoms with E-state index in [1.54, 1.807) is 31.2 Å². The highest BCUT2D eigenvalue weighted by Crippen LogP contribution is 2.20. The molecule has 1 amide bonds. The van der Waals surface area contributed by atoms with Gasteiger partial charge < -0.3 is 5.32 Å². The molecular formula is C15H11ClN4O4. The molecule has 0 spiro atoms. The van der Waals surface area contributed by atoms with Gasteiger partial charge in [-0.05, 0) is 24.6 Å². The van der Waals surface area contributed by atoms with Crippen LogP contribution in [0.25, 0.3) is 0 Å². The minimum absolute atomic E-state index is 0.407. The first-order valence-corrected chi connectivity index (χ1v) is 7.04. The van der Waals surface area contributed by atoms with E-state index in [4.69, 9.17) is 16.9 Å². The lowest BCUT2D eigenvalue weighted by Crippen LogP contribution is -2.29. The maximum absolute atomic E-state index is 12.1. The van der Waals surface area contributed by atoms with E-state index >= 15 is 0 Å². The lowest BCUT2D eigenvalue weighted by molar-refractivity contribution is -0.385. The zero-order valence-corrected chi connectivity index (χ0v) is 13.2. The van der Waals surface area contributed by atoms with Gasteiger partial charge in [0.1, 0.15) is 18.2 Å². The van der Waals surface area contributed by atoms with Crippen molar-refractivity contribution < 1.29 is 9.72 Å². The number of amides is 1. The summed E-state index contributed by atoms with van der Waals surface area (Å²) in [6.45, 7) is 1.29. The van der Waals surface area contributed by atoms with Crippen LogP contribution in [-0.4, -0.2) is 15.4 Å². The number of rotatable bonds is 4. The maximum atomic E-state index is 12.1. The van der Waals surface area contributed by atoms with Crippen molar-refractivity contribution in [1.29, 1.82) is 5.26 Å². The zero-order valence-electron chi connectivity index (χ0n) is 12.4. The minimum Gasteiger partial charge on any atom is -0.324 e. The fourth-order valence-electron chi connectivity index (χ4n) is 1.99. The van der Waals surface area contributed by atoms with Crippen LogP contribution in [0.3, 0.4) is 0 Å². The molecule has 0 saturated carbocycles. The van der Waals surface area contributed by atoms with Gasteiger partial charge in [0.15, 0.2) is 0 Å². The van der Waals surface area contributed by atoms with E-state index in [1.807, 2.05) is 0 Å². The van der Waals surface area contributed by atoms with Gasteiger partial charge in [0.25, 0.3) is 11.2 Å². The molecule has 0 fully saturated rings. The second-order valence-corrected chi connectivity index (χ2v) is 5.36. The summed E-state index contributed by atoms with van der Waals surface area (Å²) in [4.78, 5) is 34.2. The van der Waals surface area contributed by atoms with Crippen LogP contribution in [0.5, 0.6) is 0 Å². The Hall–Kier alpha value is -3.18. The average molecular weight is 347 g/mol. The molecular weight excluding hydrogens is 336 g/mol. The predicted octanol–water partition coefficient (Wildman–Crippen LogP) is 2.23. The Balaban J connectivity index is 2.30. The van der Waals surface area contributed by atoms with Crippen LogP contribution in [0.2, 0.25) is 5.02 Å². The summed E-state index contributed by atoms with van der Waals surface area (Å²) in [5.41, 5.74) is -0.404. The van der Waals surface area contributed by atoms with Crippen molar-refractivity contribution in [3.8, 4) is 6.07 Å². The number of aromatic nitrogens is 1. The number of halogens is 1. The van der Waals surface area contributed by atoms with E-state index < -0.39 is 34.2 Å². The number of nitro groups is 1. The first-order valence-electron chi connectivity index (χ1n) is 6.67. The second kappa shape index (κ2) is 6.93. The molecule has 0 atom stereocenters. The third-order valence-electron chi connectivity index (χ3n) is 3.19. The van der Waals surface area contributed by atoms with Gasteiger partial charge in [0.2, 0.25) is 5.91 Å². The molecule has 24 heavy (non-hydrogen) atoms. The summed E-state index contributed by atoms with van der Waals surface area (Å²) in [7, 11) is 0. The van der Waals surface area contributed by atoms with Crippen molar-refractivity contribution in [2.75, 3.05) is 5.32 Å². The molecule has 0 aliphatic rings. The number of nitrogens with zero attached hydrogens (tertiary/aromatic N) is 3. The smallest absolute Gasteiger partial charge is 0.287 e. The number of carbonyl (C=O) groups excluding carboxylic acids is 1. The van der Waals surface area contributed by atoms with Crippen LogP contribution in [0.4, 0.5) is 11.4 Å². The van der Waals surface area contributed by atoms with Crippen molar-refractivity contribution in [2.24, 2.45) is 0 Å². The number of carbonyl (C=O) groups is 1. The van der Waals surface area contributed by atoms with E-state index in [9.17, 15) is 19.7 Å². The number of nitrogens with one attached hydrogen (secondary N) is 1. The summed E-state index contributed by atoms with van der Waals surface area (Å²) in [6, 6.07) is 7.38. The molecule has 8 nitrogen and oxygen atoms in total. The minimum atomic E-state index is -0.777. The number of hydrogen-bond acceptors (Lipinski definition) is 5. The molecule has 0 aliphatic heterocycles. The van der Waals surface area contributed by atoms with Gasteiger partial charge in [-0.25, -0.2) is 0 Å². The molecule has 0 radical (unpaired) electrons. The number of benzene rings is 1. The zero-order chi connectivity index (χ0) is 17.9. The Morgan fingerprint density at radius 2 is 2.17 bits per heavy atom. The summed E-state index contributed by atoms with van der Waals surface area (Å²) >= 11 is 5.86. The number of hydrogen-bond donors (Lipinski definition) is 1. The van der Waals surface area contributed by atoms with E-state index in [-0.39, 0.29) is 0 Å². The Morgan fingerprint density at radius 1 is 1.46 bits per heavy atom. The van der Waals surface area contributed by atoms with E-state index in [1.165, 1.54) is 0 Å². The van der Waals surface area contributed by atoms with Gasteiger partial charge in [0, 0.05) is 16.8 Å². The number of nitriles is 1. The fraction of sp³-hybridized carbons (Fsp3) is 0.133. The lowest BCUT2D eigenvalue weighted by atomic mass is 10.2. The quantitative estimate of drug-likeness (QED) is 0.672. The maximum Gasteiger partial charge on any atom is 0.287 e. The summed E-state index contributed by atoms with van der Waals surface area (Å²) < 4.78 is 0.825. The Bertz CT molecular complexity index is 930. The summed E-state index contributed by atoms with van der Waals surface area (Å²) in [5.74, 6) is -0.577. The van der Waals surface area contributed by atoms with Gasteiger partial charge in [-0.2, -0.15) is 5.26 Å². The van der Waals surface area contributed by atoms with E-state index in [2.05, 4.69) is 5.32 Å². The molecule has 1 aromatic heterocycles.